The van der Waals surface area contributed by atoms with E-state index < -0.39 is 64.0 Å². The monoisotopic (exact) mass is 870 g/mol. The molecule has 4 heterocycles. The van der Waals surface area contributed by atoms with E-state index in [0.717, 1.165) is 18.2 Å². The first-order valence-electron chi connectivity index (χ1n) is 19.8. The number of halogens is 6. The predicted molar refractivity (Wildman–Crippen MR) is 217 cm³/mol. The molecule has 5 N–H and O–H groups in total. The highest BCUT2D eigenvalue weighted by Crippen LogP contribution is 2.50. The summed E-state index contributed by atoms with van der Waals surface area (Å²) in [6.45, 7) is 0. The summed E-state index contributed by atoms with van der Waals surface area (Å²) in [5.74, 6) is -4.61. The van der Waals surface area contributed by atoms with Crippen molar-refractivity contribution < 1.29 is 45.8 Å². The number of aryl methyl sites for hydroxylation is 2. The zero-order valence-corrected chi connectivity index (χ0v) is 33.7. The zero-order valence-electron chi connectivity index (χ0n) is 33.7. The number of nitrogens with two attached hydrogens (primary N) is 2. The summed E-state index contributed by atoms with van der Waals surface area (Å²) in [7, 11) is 1.31. The van der Waals surface area contributed by atoms with Crippen LogP contribution in [0.15, 0.2) is 85.2 Å². The number of hydrogen-bond acceptors (Lipinski definition) is 10. The number of amides is 2. The van der Waals surface area contributed by atoms with Crippen molar-refractivity contribution in [3.8, 4) is 34.0 Å². The average Bonchev–Trinajstić information content (AvgIpc) is 3.24. The second kappa shape index (κ2) is 18.2. The Morgan fingerprint density at radius 2 is 1.08 bits per heavy atom. The van der Waals surface area contributed by atoms with Gasteiger partial charge >= 0.3 is 0 Å². The first-order valence-corrected chi connectivity index (χ1v) is 19.8. The highest BCUT2D eigenvalue weighted by molar-refractivity contribution is 5.98. The number of primary amides is 2. The molecule has 8 rings (SSSR count). The molecule has 63 heavy (non-hydrogen) atoms. The number of alkyl halides is 2. The van der Waals surface area contributed by atoms with Crippen molar-refractivity contribution in [2.24, 2.45) is 11.5 Å². The van der Waals surface area contributed by atoms with Gasteiger partial charge in [-0.05, 0) is 124 Å². The molecule has 0 unspecified atom stereocenters. The second-order valence-corrected chi connectivity index (χ2v) is 15.6. The molecule has 0 saturated heterocycles. The van der Waals surface area contributed by atoms with Gasteiger partial charge in [0.1, 0.15) is 47.1 Å². The molecule has 18 heteroatoms. The molecular weight excluding hydrogens is 831 g/mol. The largest absolute Gasteiger partial charge is 0.506 e. The van der Waals surface area contributed by atoms with Gasteiger partial charge in [-0.15, -0.1) is 0 Å². The number of pyridine rings is 2. The Balaban J connectivity index is 0.000000189. The van der Waals surface area contributed by atoms with Crippen molar-refractivity contribution in [3.05, 3.63) is 142 Å². The van der Waals surface area contributed by atoms with Gasteiger partial charge in [-0.3, -0.25) is 19.6 Å². The Hall–Kier alpha value is -6.98. The highest BCUT2D eigenvalue weighted by Gasteiger charge is 2.49. The van der Waals surface area contributed by atoms with Gasteiger partial charge in [0.25, 0.3) is 11.8 Å². The van der Waals surface area contributed by atoms with E-state index in [1.165, 1.54) is 55.9 Å². The van der Waals surface area contributed by atoms with Gasteiger partial charge in [-0.2, -0.15) is 20.4 Å². The fourth-order valence-electron chi connectivity index (χ4n) is 8.36. The summed E-state index contributed by atoms with van der Waals surface area (Å²) < 4.78 is 89.9. The van der Waals surface area contributed by atoms with Crippen molar-refractivity contribution in [2.45, 2.75) is 74.5 Å². The van der Waals surface area contributed by atoms with Gasteiger partial charge in [0.2, 0.25) is 0 Å². The molecule has 2 fully saturated rings. The van der Waals surface area contributed by atoms with Crippen LogP contribution < -0.4 is 16.2 Å². The molecule has 0 radical (unpaired) electrons. The van der Waals surface area contributed by atoms with Gasteiger partial charge in [-0.1, -0.05) is 0 Å². The molecule has 2 saturated carbocycles. The molecular formula is C45H40F6N8O4. The molecule has 2 aromatic carbocycles. The topological polar surface area (TPSA) is 193 Å². The van der Waals surface area contributed by atoms with E-state index in [1.54, 1.807) is 18.2 Å². The molecule has 2 aliphatic carbocycles. The summed E-state index contributed by atoms with van der Waals surface area (Å²) in [6.07, 6.45) is 3.44. The molecule has 6 aromatic rings. The molecule has 0 spiro atoms. The summed E-state index contributed by atoms with van der Waals surface area (Å²) in [5.41, 5.74) is 10.5. The van der Waals surface area contributed by atoms with Crippen molar-refractivity contribution in [1.82, 2.24) is 30.4 Å². The van der Waals surface area contributed by atoms with E-state index in [4.69, 9.17) is 16.2 Å². The van der Waals surface area contributed by atoms with Gasteiger partial charge < -0.3 is 21.3 Å². The van der Waals surface area contributed by atoms with E-state index in [0.29, 0.717) is 37.1 Å². The maximum atomic E-state index is 14.5. The van der Waals surface area contributed by atoms with Crippen LogP contribution in [0, 0.1) is 23.3 Å². The van der Waals surface area contributed by atoms with E-state index in [2.05, 4.69) is 30.4 Å². The molecule has 0 atom stereocenters. The maximum absolute atomic E-state index is 14.5. The molecule has 4 aromatic heterocycles. The van der Waals surface area contributed by atoms with Gasteiger partial charge in [0.05, 0.1) is 63.5 Å². The van der Waals surface area contributed by atoms with Crippen LogP contribution in [0.3, 0.4) is 0 Å². The van der Waals surface area contributed by atoms with Crippen LogP contribution in [0.1, 0.15) is 82.0 Å². The highest BCUT2D eigenvalue weighted by atomic mass is 19.2. The lowest BCUT2D eigenvalue weighted by atomic mass is 9.62. The molecule has 2 amide bonds. The Morgan fingerprint density at radius 3 is 1.48 bits per heavy atom. The standard InChI is InChI=1S/C23H21F3N4O2.C22H19F3N4O2/c1-32-20-15(22(27)31)5-6-16(25)19(20)18-7-4-14(29-30-18)8-9-23(11-13(24)12-23)21-17(26)3-2-10-28-21;23-12-10-22(11-12,20-16(25)2-1-9-27-20)8-7-13-3-6-17(29-28-13)18-15(24)5-4-14(19(18)30)21(26)31/h2-7,10,13H,8-9,11-12H2,1H3,(H2,27,31);1-6,9,12,30H,7-8,10-11H2,(H2,26,31). The lowest BCUT2D eigenvalue weighted by Crippen LogP contribution is -2.44. The summed E-state index contributed by atoms with van der Waals surface area (Å²) in [6, 6.07) is 16.4. The number of rotatable bonds is 13. The van der Waals surface area contributed by atoms with Crippen LogP contribution in [-0.4, -0.2) is 66.7 Å². The van der Waals surface area contributed by atoms with Crippen molar-refractivity contribution in [2.75, 3.05) is 7.11 Å². The molecule has 0 bridgehead atoms. The number of aromatic nitrogens is 6. The fourth-order valence-corrected chi connectivity index (χ4v) is 8.36. The fraction of sp³-hybridized carbons (Fsp3) is 0.289. The quantitative estimate of drug-likeness (QED) is 0.0977. The Bertz CT molecular complexity index is 2640. The third kappa shape index (κ3) is 9.01. The Morgan fingerprint density at radius 1 is 0.635 bits per heavy atom. The Kier molecular flexibility index (Phi) is 12.7. The predicted octanol–water partition coefficient (Wildman–Crippen LogP) is 7.55. The normalized spacial score (nSPS) is 20.1. The van der Waals surface area contributed by atoms with Gasteiger partial charge in [0, 0.05) is 23.2 Å². The molecule has 12 nitrogen and oxygen atoms in total. The third-order valence-corrected chi connectivity index (χ3v) is 11.6. The number of carbonyl (C=O) groups excluding carboxylic acids is 2. The minimum Gasteiger partial charge on any atom is -0.506 e. The van der Waals surface area contributed by atoms with E-state index >= 15 is 0 Å². The van der Waals surface area contributed by atoms with Crippen molar-refractivity contribution >= 4 is 11.8 Å². The second-order valence-electron chi connectivity index (χ2n) is 15.6. The van der Waals surface area contributed by atoms with Crippen LogP contribution in [-0.2, 0) is 23.7 Å². The number of ether oxygens (including phenoxy) is 1. The minimum absolute atomic E-state index is 0.0193. The number of methoxy groups -OCH3 is 1. The van der Waals surface area contributed by atoms with Crippen molar-refractivity contribution in [1.29, 1.82) is 0 Å². The van der Waals surface area contributed by atoms with Gasteiger partial charge in [0.15, 0.2) is 0 Å². The van der Waals surface area contributed by atoms with Gasteiger partial charge in [-0.25, -0.2) is 26.3 Å². The summed E-state index contributed by atoms with van der Waals surface area (Å²) in [4.78, 5) is 31.3. The lowest BCUT2D eigenvalue weighted by molar-refractivity contribution is 0.0791. The number of aromatic hydroxyl groups is 1. The summed E-state index contributed by atoms with van der Waals surface area (Å²) in [5, 5.41) is 26.4. The first kappa shape index (κ1) is 44.1. The lowest BCUT2D eigenvalue weighted by Gasteiger charge is -2.44. The van der Waals surface area contributed by atoms with E-state index in [1.807, 2.05) is 0 Å². The van der Waals surface area contributed by atoms with Crippen LogP contribution in [0.25, 0.3) is 22.5 Å². The van der Waals surface area contributed by atoms with Crippen LogP contribution in [0.2, 0.25) is 0 Å². The summed E-state index contributed by atoms with van der Waals surface area (Å²) >= 11 is 0. The first-order chi connectivity index (χ1) is 30.1. The molecule has 2 aliphatic rings. The average molecular weight is 871 g/mol. The Labute approximate surface area is 356 Å². The number of nitrogens with zero attached hydrogens (tertiary/aromatic N) is 6. The number of carbonyl (C=O) groups is 2. The molecule has 326 valence electrons. The number of hydrogen-bond donors (Lipinski definition) is 3. The van der Waals surface area contributed by atoms with Crippen LogP contribution in [0.4, 0.5) is 26.3 Å². The minimum atomic E-state index is -1.00. The van der Waals surface area contributed by atoms with Crippen LogP contribution in [0.5, 0.6) is 11.5 Å². The third-order valence-electron chi connectivity index (χ3n) is 11.6. The van der Waals surface area contributed by atoms with Crippen LogP contribution >= 0.6 is 0 Å². The van der Waals surface area contributed by atoms with E-state index in [-0.39, 0.29) is 76.5 Å². The maximum Gasteiger partial charge on any atom is 0.252 e. The van der Waals surface area contributed by atoms with Crippen molar-refractivity contribution in [3.63, 3.8) is 0 Å². The smallest absolute Gasteiger partial charge is 0.252 e. The number of benzene rings is 2. The number of phenols is 1. The van der Waals surface area contributed by atoms with E-state index in [9.17, 15) is 41.0 Å². The molecule has 0 aliphatic heterocycles. The zero-order chi connectivity index (χ0) is 45.1. The SMILES string of the molecule is COc1c(C(N)=O)ccc(F)c1-c1ccc(CCC2(c3ncccc3F)CC(F)C2)nn1.NC(=O)c1ccc(F)c(-c2ccc(CCC3(c4ncccc4F)CC(F)C3)nn2)c1O.